The molecule has 0 aliphatic carbocycles. The minimum Gasteiger partial charge on any atom is -0.321 e. The average molecular weight is 302 g/mol. The predicted molar refractivity (Wildman–Crippen MR) is 78.3 cm³/mol. The Hall–Kier alpha value is -0.680. The third-order valence-electron chi connectivity index (χ3n) is 2.60. The highest BCUT2D eigenvalue weighted by molar-refractivity contribution is 8.13. The van der Waals surface area contributed by atoms with E-state index in [1.807, 2.05) is 18.2 Å². The largest absolute Gasteiger partial charge is 0.321 e. The summed E-state index contributed by atoms with van der Waals surface area (Å²) >= 11 is 1.16. The van der Waals surface area contributed by atoms with Gasteiger partial charge in [-0.1, -0.05) is 17.8 Å². The van der Waals surface area contributed by atoms with Gasteiger partial charge >= 0.3 is 0 Å². The quantitative estimate of drug-likeness (QED) is 0.722. The van der Waals surface area contributed by atoms with E-state index < -0.39 is 7.52 Å². The third kappa shape index (κ3) is 5.45. The molecular weight excluding hydrogens is 283 g/mol. The van der Waals surface area contributed by atoms with E-state index in [-0.39, 0.29) is 5.12 Å². The van der Waals surface area contributed by atoms with Crippen molar-refractivity contribution in [1.82, 2.24) is 9.65 Å². The fourth-order valence-corrected chi connectivity index (χ4v) is 4.28. The van der Waals surface area contributed by atoms with Crippen LogP contribution in [-0.2, 0) is 20.4 Å². The predicted octanol–water partition coefficient (Wildman–Crippen LogP) is 2.63. The molecule has 0 aliphatic rings. The number of thioether (sulfide) groups is 1. The second kappa shape index (κ2) is 7.80. The second-order valence-corrected chi connectivity index (χ2v) is 8.06. The van der Waals surface area contributed by atoms with Gasteiger partial charge in [-0.3, -0.25) is 14.3 Å². The maximum absolute atomic E-state index is 12.6. The van der Waals surface area contributed by atoms with Crippen LogP contribution in [0.3, 0.4) is 0 Å². The fourth-order valence-electron chi connectivity index (χ4n) is 1.54. The number of hydrogen-bond donors (Lipinski definition) is 0. The van der Waals surface area contributed by atoms with E-state index >= 15 is 0 Å². The zero-order valence-electron chi connectivity index (χ0n) is 11.4. The zero-order valence-corrected chi connectivity index (χ0v) is 13.1. The van der Waals surface area contributed by atoms with Gasteiger partial charge in [0.1, 0.15) is 0 Å². The van der Waals surface area contributed by atoms with E-state index in [2.05, 4.69) is 4.98 Å². The summed E-state index contributed by atoms with van der Waals surface area (Å²) in [5.74, 6) is 0.493. The Balaban J connectivity index is 2.61. The Kier molecular flexibility index (Phi) is 6.72. The van der Waals surface area contributed by atoms with Gasteiger partial charge in [-0.05, 0) is 19.2 Å². The number of carbonyl (C=O) groups is 1. The standard InChI is InChI=1S/C12H19N2O3PS/c1-11(15)19-9-8-18(16,17-3)14(2)10-12-6-4-5-7-13-12/h4-7H,8-10H2,1-3H3. The first-order valence-electron chi connectivity index (χ1n) is 5.87. The van der Waals surface area contributed by atoms with Crippen LogP contribution in [0.25, 0.3) is 0 Å². The van der Waals surface area contributed by atoms with Gasteiger partial charge in [0.25, 0.3) is 7.52 Å². The number of nitrogens with zero attached hydrogens (tertiary/aromatic N) is 2. The summed E-state index contributed by atoms with van der Waals surface area (Å²) in [6, 6.07) is 5.60. The molecule has 5 nitrogen and oxygen atoms in total. The molecule has 0 aliphatic heterocycles. The maximum Gasteiger partial charge on any atom is 0.273 e. The van der Waals surface area contributed by atoms with Crippen LogP contribution < -0.4 is 0 Å². The van der Waals surface area contributed by atoms with E-state index in [1.54, 1.807) is 17.9 Å². The van der Waals surface area contributed by atoms with Crippen LogP contribution in [0.1, 0.15) is 12.6 Å². The van der Waals surface area contributed by atoms with Gasteiger partial charge in [0.15, 0.2) is 5.12 Å². The summed E-state index contributed by atoms with van der Waals surface area (Å²) < 4.78 is 19.5. The first kappa shape index (κ1) is 16.4. The molecule has 0 saturated heterocycles. The minimum absolute atomic E-state index is 0.0232. The Morgan fingerprint density at radius 3 is 2.79 bits per heavy atom. The van der Waals surface area contributed by atoms with E-state index in [1.165, 1.54) is 14.0 Å². The lowest BCUT2D eigenvalue weighted by atomic mass is 10.3. The van der Waals surface area contributed by atoms with Crippen molar-refractivity contribution in [2.75, 3.05) is 26.1 Å². The molecule has 0 saturated carbocycles. The van der Waals surface area contributed by atoms with Crippen molar-refractivity contribution in [3.63, 3.8) is 0 Å². The van der Waals surface area contributed by atoms with Crippen LogP contribution >= 0.6 is 19.3 Å². The molecule has 106 valence electrons. The van der Waals surface area contributed by atoms with Crippen molar-refractivity contribution in [2.24, 2.45) is 0 Å². The summed E-state index contributed by atoms with van der Waals surface area (Å²) in [5.41, 5.74) is 0.835. The highest BCUT2D eigenvalue weighted by Gasteiger charge is 2.27. The first-order chi connectivity index (χ1) is 8.98. The van der Waals surface area contributed by atoms with Crippen LogP contribution in [0.4, 0.5) is 0 Å². The summed E-state index contributed by atoms with van der Waals surface area (Å²) in [5, 5.41) is 0.0232. The van der Waals surface area contributed by atoms with E-state index in [4.69, 9.17) is 4.52 Å². The van der Waals surface area contributed by atoms with Crippen molar-refractivity contribution < 1.29 is 13.9 Å². The van der Waals surface area contributed by atoms with Gasteiger partial charge in [-0.2, -0.15) is 0 Å². The van der Waals surface area contributed by atoms with Gasteiger partial charge in [-0.25, -0.2) is 4.67 Å². The van der Waals surface area contributed by atoms with Crippen molar-refractivity contribution in [1.29, 1.82) is 0 Å². The molecule has 1 heterocycles. The Labute approximate surface area is 118 Å². The smallest absolute Gasteiger partial charge is 0.273 e. The van der Waals surface area contributed by atoms with Crippen LogP contribution in [0.5, 0.6) is 0 Å². The molecule has 0 aromatic carbocycles. The molecule has 1 atom stereocenters. The molecule has 0 radical (unpaired) electrons. The normalized spacial score (nSPS) is 14.3. The van der Waals surface area contributed by atoms with Gasteiger partial charge < -0.3 is 4.52 Å². The molecule has 1 rings (SSSR count). The van der Waals surface area contributed by atoms with Gasteiger partial charge in [0.05, 0.1) is 5.69 Å². The number of rotatable bonds is 7. The van der Waals surface area contributed by atoms with Crippen LogP contribution in [0.2, 0.25) is 0 Å². The van der Waals surface area contributed by atoms with E-state index in [0.717, 1.165) is 17.5 Å². The number of carbonyl (C=O) groups excluding carboxylic acids is 1. The van der Waals surface area contributed by atoms with Crippen LogP contribution in [0, 0.1) is 0 Å². The highest BCUT2D eigenvalue weighted by atomic mass is 32.2. The monoisotopic (exact) mass is 302 g/mol. The maximum atomic E-state index is 12.6. The molecule has 1 aromatic heterocycles. The topological polar surface area (TPSA) is 59.5 Å². The summed E-state index contributed by atoms with van der Waals surface area (Å²) in [6.45, 7) is 1.96. The van der Waals surface area contributed by atoms with Crippen LogP contribution in [-0.4, -0.2) is 40.8 Å². The molecule has 7 heteroatoms. The van der Waals surface area contributed by atoms with Gasteiger partial charge in [-0.15, -0.1) is 0 Å². The van der Waals surface area contributed by atoms with Crippen molar-refractivity contribution in [2.45, 2.75) is 13.5 Å². The summed E-state index contributed by atoms with van der Waals surface area (Å²) in [6.07, 6.45) is 2.05. The molecule has 0 N–H and O–H groups in total. The third-order valence-corrected chi connectivity index (χ3v) is 6.26. The molecular formula is C12H19N2O3PS. The SMILES string of the molecule is COP(=O)(CCSC(C)=O)N(C)Cc1ccccn1. The molecule has 1 aromatic rings. The fraction of sp³-hybridized carbons (Fsp3) is 0.500. The lowest BCUT2D eigenvalue weighted by Crippen LogP contribution is -2.19. The molecule has 0 amide bonds. The molecule has 19 heavy (non-hydrogen) atoms. The number of pyridine rings is 1. The van der Waals surface area contributed by atoms with E-state index in [0.29, 0.717) is 18.5 Å². The summed E-state index contributed by atoms with van der Waals surface area (Å²) in [4.78, 5) is 15.1. The number of aromatic nitrogens is 1. The lowest BCUT2D eigenvalue weighted by molar-refractivity contribution is -0.109. The highest BCUT2D eigenvalue weighted by Crippen LogP contribution is 2.49. The van der Waals surface area contributed by atoms with Crippen molar-refractivity contribution in [3.05, 3.63) is 30.1 Å². The Morgan fingerprint density at radius 1 is 1.53 bits per heavy atom. The minimum atomic E-state index is -2.89. The first-order valence-corrected chi connectivity index (χ1v) is 8.62. The second-order valence-electron chi connectivity index (χ2n) is 4.02. The Morgan fingerprint density at radius 2 is 2.26 bits per heavy atom. The molecule has 0 bridgehead atoms. The van der Waals surface area contributed by atoms with Gasteiger partial charge in [0, 0.05) is 38.7 Å². The van der Waals surface area contributed by atoms with Crippen molar-refractivity contribution in [3.8, 4) is 0 Å². The molecule has 1 unspecified atom stereocenters. The summed E-state index contributed by atoms with van der Waals surface area (Å²) in [7, 11) is 0.293. The number of hydrogen-bond acceptors (Lipinski definition) is 5. The average Bonchev–Trinajstić information content (AvgIpc) is 2.39. The molecule has 0 spiro atoms. The Bertz CT molecular complexity index is 456. The van der Waals surface area contributed by atoms with E-state index in [9.17, 15) is 9.36 Å². The zero-order chi connectivity index (χ0) is 14.3. The van der Waals surface area contributed by atoms with Crippen molar-refractivity contribution >= 4 is 24.4 Å². The van der Waals surface area contributed by atoms with Crippen LogP contribution in [0.15, 0.2) is 24.4 Å². The van der Waals surface area contributed by atoms with Gasteiger partial charge in [0.2, 0.25) is 0 Å². The molecule has 0 fully saturated rings. The lowest BCUT2D eigenvalue weighted by Gasteiger charge is -2.26.